The Kier molecular flexibility index (Phi) is 5.11. The number of halogens is 1. The van der Waals surface area contributed by atoms with Crippen LogP contribution in [0.3, 0.4) is 0 Å². The van der Waals surface area contributed by atoms with E-state index in [4.69, 9.17) is 0 Å². The van der Waals surface area contributed by atoms with Crippen LogP contribution >= 0.6 is 0 Å². The Morgan fingerprint density at radius 1 is 1.00 bits per heavy atom. The van der Waals surface area contributed by atoms with Crippen LogP contribution in [0.1, 0.15) is 30.5 Å². The minimum Gasteiger partial charge on any atom is -0.378 e. The number of carbonyl (C=O) groups excluding carboxylic acids is 1. The lowest BCUT2D eigenvalue weighted by Gasteiger charge is -2.40. The van der Waals surface area contributed by atoms with Crippen molar-refractivity contribution in [3.8, 4) is 0 Å². The average Bonchev–Trinajstić information content (AvgIpc) is 2.70. The Bertz CT molecular complexity index is 956. The highest BCUT2D eigenvalue weighted by Crippen LogP contribution is 2.39. The molecule has 3 aromatic carbocycles. The number of benzene rings is 3. The summed E-state index contributed by atoms with van der Waals surface area (Å²) in [6.45, 7) is 2.08. The van der Waals surface area contributed by atoms with E-state index in [1.165, 1.54) is 12.1 Å². The quantitative estimate of drug-likeness (QED) is 0.668. The summed E-state index contributed by atoms with van der Waals surface area (Å²) < 4.78 is 13.2. The second-order valence-corrected chi connectivity index (χ2v) is 7.27. The molecule has 1 aliphatic rings. The van der Waals surface area contributed by atoms with E-state index in [0.717, 1.165) is 28.9 Å². The first kappa shape index (κ1) is 18.2. The molecule has 0 bridgehead atoms. The van der Waals surface area contributed by atoms with Crippen LogP contribution in [0.15, 0.2) is 78.9 Å². The third-order valence-electron chi connectivity index (χ3n) is 5.24. The topological polar surface area (TPSA) is 32.3 Å². The van der Waals surface area contributed by atoms with Gasteiger partial charge in [0.1, 0.15) is 5.82 Å². The number of fused-ring (bicyclic) bond motifs is 1. The molecule has 2 atom stereocenters. The molecule has 1 heterocycles. The van der Waals surface area contributed by atoms with Crippen LogP contribution in [0, 0.1) is 5.82 Å². The predicted octanol–water partition coefficient (Wildman–Crippen LogP) is 5.35. The van der Waals surface area contributed by atoms with Gasteiger partial charge in [-0.05, 0) is 54.8 Å². The number of rotatable bonds is 4. The molecule has 0 radical (unpaired) electrons. The van der Waals surface area contributed by atoms with Crippen molar-refractivity contribution in [2.24, 2.45) is 0 Å². The maximum atomic E-state index is 13.2. The largest absolute Gasteiger partial charge is 0.378 e. The monoisotopic (exact) mass is 374 g/mol. The van der Waals surface area contributed by atoms with Crippen molar-refractivity contribution in [3.05, 3.63) is 95.8 Å². The van der Waals surface area contributed by atoms with Gasteiger partial charge in [0.25, 0.3) is 0 Å². The number of nitrogens with zero attached hydrogens (tertiary/aromatic N) is 1. The van der Waals surface area contributed by atoms with Crippen molar-refractivity contribution in [1.82, 2.24) is 0 Å². The van der Waals surface area contributed by atoms with E-state index < -0.39 is 0 Å². The lowest BCUT2D eigenvalue weighted by Crippen LogP contribution is -2.45. The molecule has 1 aliphatic heterocycles. The zero-order valence-electron chi connectivity index (χ0n) is 15.8. The standard InChI is InChI=1S/C24H23FN2O/c1-17-15-22(26-20-7-3-2-4-8-20)21-9-5-6-10-23(21)27(17)24(28)16-18-11-13-19(25)14-12-18/h2-14,17,22,26H,15-16H2,1H3/t17-,22+/m1/s1. The zero-order chi connectivity index (χ0) is 19.5. The SMILES string of the molecule is C[C@@H]1C[C@H](Nc2ccccc2)c2ccccc2N1C(=O)Cc1ccc(F)cc1. The maximum absolute atomic E-state index is 13.2. The fourth-order valence-electron chi connectivity index (χ4n) is 3.93. The fraction of sp³-hybridized carbons (Fsp3) is 0.208. The van der Waals surface area contributed by atoms with Gasteiger partial charge in [-0.3, -0.25) is 4.79 Å². The summed E-state index contributed by atoms with van der Waals surface area (Å²) in [5.41, 5.74) is 3.96. The number of amides is 1. The summed E-state index contributed by atoms with van der Waals surface area (Å²) in [5, 5.41) is 3.60. The second-order valence-electron chi connectivity index (χ2n) is 7.27. The molecule has 1 amide bonds. The summed E-state index contributed by atoms with van der Waals surface area (Å²) in [6.07, 6.45) is 1.08. The van der Waals surface area contributed by atoms with Crippen molar-refractivity contribution < 1.29 is 9.18 Å². The average molecular weight is 374 g/mol. The van der Waals surface area contributed by atoms with Gasteiger partial charge in [0, 0.05) is 17.4 Å². The number of carbonyl (C=O) groups is 1. The smallest absolute Gasteiger partial charge is 0.231 e. The van der Waals surface area contributed by atoms with E-state index in [2.05, 4.69) is 30.4 Å². The summed E-state index contributed by atoms with van der Waals surface area (Å²) in [7, 11) is 0. The van der Waals surface area contributed by atoms with Crippen molar-refractivity contribution in [3.63, 3.8) is 0 Å². The van der Waals surface area contributed by atoms with E-state index in [-0.39, 0.29) is 30.2 Å². The van der Waals surface area contributed by atoms with Crippen LogP contribution in [-0.4, -0.2) is 11.9 Å². The molecule has 0 aliphatic carbocycles. The van der Waals surface area contributed by atoms with E-state index in [0.29, 0.717) is 0 Å². The Balaban J connectivity index is 1.60. The number of hydrogen-bond acceptors (Lipinski definition) is 2. The Morgan fingerprint density at radius 2 is 1.68 bits per heavy atom. The van der Waals surface area contributed by atoms with Gasteiger partial charge in [-0.2, -0.15) is 0 Å². The van der Waals surface area contributed by atoms with Crippen molar-refractivity contribution >= 4 is 17.3 Å². The molecular weight excluding hydrogens is 351 g/mol. The number of hydrogen-bond donors (Lipinski definition) is 1. The number of nitrogens with one attached hydrogen (secondary N) is 1. The Morgan fingerprint density at radius 3 is 2.43 bits per heavy atom. The second kappa shape index (κ2) is 7.85. The summed E-state index contributed by atoms with van der Waals surface area (Å²) >= 11 is 0. The lowest BCUT2D eigenvalue weighted by atomic mass is 9.91. The minimum absolute atomic E-state index is 0.0321. The fourth-order valence-corrected chi connectivity index (χ4v) is 3.93. The van der Waals surface area contributed by atoms with Gasteiger partial charge >= 0.3 is 0 Å². The molecular formula is C24H23FN2O. The van der Waals surface area contributed by atoms with Gasteiger partial charge in [-0.25, -0.2) is 4.39 Å². The molecule has 0 aromatic heterocycles. The van der Waals surface area contributed by atoms with Crippen LogP contribution in [0.2, 0.25) is 0 Å². The highest BCUT2D eigenvalue weighted by molar-refractivity contribution is 5.96. The molecule has 0 saturated heterocycles. The zero-order valence-corrected chi connectivity index (χ0v) is 15.8. The predicted molar refractivity (Wildman–Crippen MR) is 111 cm³/mol. The highest BCUT2D eigenvalue weighted by Gasteiger charge is 2.33. The Hall–Kier alpha value is -3.14. The molecule has 0 unspecified atom stereocenters. The first-order valence-electron chi connectivity index (χ1n) is 9.59. The maximum Gasteiger partial charge on any atom is 0.231 e. The molecule has 4 rings (SSSR count). The van der Waals surface area contributed by atoms with Crippen molar-refractivity contribution in [2.75, 3.05) is 10.2 Å². The van der Waals surface area contributed by atoms with Crippen LogP contribution in [0.25, 0.3) is 0 Å². The molecule has 3 aromatic rings. The summed E-state index contributed by atoms with van der Waals surface area (Å²) in [4.78, 5) is 15.0. The van der Waals surface area contributed by atoms with Crippen LogP contribution in [-0.2, 0) is 11.2 Å². The molecule has 0 fully saturated rings. The molecule has 4 heteroatoms. The first-order valence-corrected chi connectivity index (χ1v) is 9.59. The molecule has 28 heavy (non-hydrogen) atoms. The van der Waals surface area contributed by atoms with Gasteiger partial charge < -0.3 is 10.2 Å². The minimum atomic E-state index is -0.289. The van der Waals surface area contributed by atoms with Gasteiger partial charge in [0.2, 0.25) is 5.91 Å². The van der Waals surface area contributed by atoms with Crippen molar-refractivity contribution in [1.29, 1.82) is 0 Å². The lowest BCUT2D eigenvalue weighted by molar-refractivity contribution is -0.118. The van der Waals surface area contributed by atoms with Crippen LogP contribution in [0.5, 0.6) is 0 Å². The van der Waals surface area contributed by atoms with E-state index in [9.17, 15) is 9.18 Å². The van der Waals surface area contributed by atoms with Crippen LogP contribution < -0.4 is 10.2 Å². The third kappa shape index (κ3) is 3.77. The molecule has 142 valence electrons. The first-order chi connectivity index (χ1) is 13.6. The van der Waals surface area contributed by atoms with Gasteiger partial charge in [-0.15, -0.1) is 0 Å². The van der Waals surface area contributed by atoms with Crippen LogP contribution in [0.4, 0.5) is 15.8 Å². The third-order valence-corrected chi connectivity index (χ3v) is 5.24. The number of anilines is 2. The summed E-state index contributed by atoms with van der Waals surface area (Å²) in [5.74, 6) is -0.257. The van der Waals surface area contributed by atoms with Gasteiger partial charge in [-0.1, -0.05) is 48.5 Å². The molecule has 1 N–H and O–H groups in total. The normalized spacial score (nSPS) is 18.4. The van der Waals surface area contributed by atoms with E-state index in [1.807, 2.05) is 41.3 Å². The highest BCUT2D eigenvalue weighted by atomic mass is 19.1. The van der Waals surface area contributed by atoms with E-state index in [1.54, 1.807) is 12.1 Å². The van der Waals surface area contributed by atoms with Crippen molar-refractivity contribution in [2.45, 2.75) is 31.8 Å². The Labute approximate surface area is 164 Å². The molecule has 0 saturated carbocycles. The molecule has 0 spiro atoms. The van der Waals surface area contributed by atoms with Gasteiger partial charge in [0.15, 0.2) is 0 Å². The molecule has 3 nitrogen and oxygen atoms in total. The summed E-state index contributed by atoms with van der Waals surface area (Å²) in [6, 6.07) is 24.5. The van der Waals surface area contributed by atoms with Gasteiger partial charge in [0.05, 0.1) is 12.5 Å². The number of para-hydroxylation sites is 2. The van der Waals surface area contributed by atoms with E-state index >= 15 is 0 Å².